The summed E-state index contributed by atoms with van der Waals surface area (Å²) < 4.78 is 13.2. The molecule has 7 nitrogen and oxygen atoms in total. The number of hydrogen-bond acceptors (Lipinski definition) is 5. The predicted octanol–water partition coefficient (Wildman–Crippen LogP) is 2.92. The Balaban J connectivity index is 1.42. The monoisotopic (exact) mass is 475 g/mol. The van der Waals surface area contributed by atoms with Gasteiger partial charge in [0.1, 0.15) is 11.5 Å². The lowest BCUT2D eigenvalue weighted by molar-refractivity contribution is -0.129. The molecule has 0 bridgehead atoms. The van der Waals surface area contributed by atoms with Gasteiger partial charge in [0.05, 0.1) is 11.3 Å². The third-order valence-corrected chi connectivity index (χ3v) is 7.15. The van der Waals surface area contributed by atoms with E-state index in [0.717, 1.165) is 27.6 Å². The summed E-state index contributed by atoms with van der Waals surface area (Å²) in [6, 6.07) is 22.5. The van der Waals surface area contributed by atoms with Crippen LogP contribution in [0.15, 0.2) is 85.1 Å². The van der Waals surface area contributed by atoms with Crippen LogP contribution in [0.25, 0.3) is 10.9 Å². The van der Waals surface area contributed by atoms with Crippen molar-refractivity contribution in [2.45, 2.75) is 17.7 Å². The lowest BCUT2D eigenvalue weighted by Crippen LogP contribution is -2.46. The van der Waals surface area contributed by atoms with Crippen molar-refractivity contribution in [2.24, 2.45) is 5.73 Å². The topological polar surface area (TPSA) is 125 Å². The first-order valence-electron chi connectivity index (χ1n) is 10.8. The van der Waals surface area contributed by atoms with Crippen molar-refractivity contribution in [2.75, 3.05) is 5.75 Å². The maximum absolute atomic E-state index is 13.2. The summed E-state index contributed by atoms with van der Waals surface area (Å²) in [7, 11) is -1.61. The van der Waals surface area contributed by atoms with E-state index >= 15 is 0 Å². The Morgan fingerprint density at radius 1 is 0.971 bits per heavy atom. The summed E-state index contributed by atoms with van der Waals surface area (Å²) in [5.41, 5.74) is 9.24. The normalized spacial score (nSPS) is 13.0. The first-order valence-corrected chi connectivity index (χ1v) is 12.2. The number of aromatic hydroxyl groups is 1. The highest BCUT2D eigenvalue weighted by Crippen LogP contribution is 2.28. The van der Waals surface area contributed by atoms with Crippen molar-refractivity contribution in [1.29, 1.82) is 0 Å². The molecule has 0 saturated carbocycles. The highest BCUT2D eigenvalue weighted by Gasteiger charge is 2.25. The summed E-state index contributed by atoms with van der Waals surface area (Å²) in [6.45, 7) is 0. The molecule has 0 aliphatic rings. The Labute approximate surface area is 199 Å². The molecule has 0 radical (unpaired) electrons. The number of carbonyl (C=O) groups excluding carboxylic acids is 2. The number of imide groups is 1. The van der Waals surface area contributed by atoms with Crippen LogP contribution in [0.5, 0.6) is 5.75 Å². The number of phenolic OH excluding ortho intramolecular Hbond substituents is 1. The molecular weight excluding hydrogens is 450 g/mol. The van der Waals surface area contributed by atoms with Gasteiger partial charge in [-0.2, -0.15) is 0 Å². The van der Waals surface area contributed by atoms with Gasteiger partial charge in [-0.1, -0.05) is 60.7 Å². The Morgan fingerprint density at radius 2 is 1.59 bits per heavy atom. The molecule has 3 aromatic carbocycles. The molecule has 1 unspecified atom stereocenters. The van der Waals surface area contributed by atoms with Crippen LogP contribution in [-0.2, 0) is 26.8 Å². The van der Waals surface area contributed by atoms with Gasteiger partial charge in [-0.3, -0.25) is 19.1 Å². The van der Waals surface area contributed by atoms with Gasteiger partial charge >= 0.3 is 0 Å². The summed E-state index contributed by atoms with van der Waals surface area (Å²) >= 11 is 0. The molecular formula is C26H25N3O4S. The van der Waals surface area contributed by atoms with Crippen LogP contribution >= 0.6 is 0 Å². The number of carbonyl (C=O) groups is 2. The molecule has 2 amide bonds. The second kappa shape index (κ2) is 10.5. The van der Waals surface area contributed by atoms with E-state index in [2.05, 4.69) is 10.3 Å². The zero-order valence-electron chi connectivity index (χ0n) is 18.3. The van der Waals surface area contributed by atoms with Crippen LogP contribution in [0.2, 0.25) is 0 Å². The van der Waals surface area contributed by atoms with Crippen LogP contribution in [-0.4, -0.2) is 37.9 Å². The zero-order chi connectivity index (χ0) is 24.1. The lowest BCUT2D eigenvalue weighted by Gasteiger charge is -2.18. The first kappa shape index (κ1) is 23.4. The fourth-order valence-electron chi connectivity index (χ4n) is 3.90. The van der Waals surface area contributed by atoms with Crippen molar-refractivity contribution in [3.63, 3.8) is 0 Å². The van der Waals surface area contributed by atoms with Gasteiger partial charge in [-0.15, -0.1) is 0 Å². The minimum Gasteiger partial charge on any atom is -0.508 e. The van der Waals surface area contributed by atoms with Gasteiger partial charge in [-0.05, 0) is 41.3 Å². The lowest BCUT2D eigenvalue weighted by atomic mass is 10.0. The Hall–Kier alpha value is -3.75. The first-order chi connectivity index (χ1) is 16.4. The van der Waals surface area contributed by atoms with E-state index in [1.54, 1.807) is 24.4 Å². The Kier molecular flexibility index (Phi) is 7.20. The van der Waals surface area contributed by atoms with Gasteiger partial charge in [0.15, 0.2) is 0 Å². The quantitative estimate of drug-likeness (QED) is 0.312. The molecule has 0 saturated heterocycles. The molecule has 8 heteroatoms. The second-order valence-electron chi connectivity index (χ2n) is 7.99. The number of hydrogen-bond donors (Lipinski definition) is 4. The number of fused-ring (bicyclic) bond motifs is 1. The molecule has 0 aliphatic heterocycles. The predicted molar refractivity (Wildman–Crippen MR) is 133 cm³/mol. The zero-order valence-corrected chi connectivity index (χ0v) is 19.1. The SMILES string of the molecule is N[C@@H](Cc1c[nH]c2ccc(O)cc12)C(=O)NC(=O)CS(=O)C(c1ccccc1)c1ccccc1. The fraction of sp³-hybridized carbons (Fsp3) is 0.154. The van der Waals surface area contributed by atoms with Gasteiger partial charge in [-0.25, -0.2) is 0 Å². The van der Waals surface area contributed by atoms with Gasteiger partial charge in [0, 0.05) is 27.9 Å². The third-order valence-electron chi connectivity index (χ3n) is 5.53. The summed E-state index contributed by atoms with van der Waals surface area (Å²) in [4.78, 5) is 28.2. The van der Waals surface area contributed by atoms with Crippen molar-refractivity contribution in [3.8, 4) is 5.75 Å². The molecule has 34 heavy (non-hydrogen) atoms. The van der Waals surface area contributed by atoms with E-state index in [0.29, 0.717) is 0 Å². The number of benzene rings is 3. The number of rotatable bonds is 8. The molecule has 4 aromatic rings. The smallest absolute Gasteiger partial charge is 0.243 e. The minimum absolute atomic E-state index is 0.107. The maximum Gasteiger partial charge on any atom is 0.243 e. The van der Waals surface area contributed by atoms with Crippen LogP contribution in [0.4, 0.5) is 0 Å². The van der Waals surface area contributed by atoms with E-state index in [-0.39, 0.29) is 17.9 Å². The van der Waals surface area contributed by atoms with Gasteiger partial charge in [0.2, 0.25) is 11.8 Å². The Morgan fingerprint density at radius 3 is 2.21 bits per heavy atom. The summed E-state index contributed by atoms with van der Waals surface area (Å²) in [6.07, 6.45) is 1.89. The molecule has 0 aliphatic carbocycles. The van der Waals surface area contributed by atoms with Crippen molar-refractivity contribution in [3.05, 3.63) is 102 Å². The molecule has 174 valence electrons. The average Bonchev–Trinajstić information content (AvgIpc) is 3.22. The van der Waals surface area contributed by atoms with E-state index in [1.165, 1.54) is 0 Å². The second-order valence-corrected chi connectivity index (χ2v) is 9.51. The van der Waals surface area contributed by atoms with E-state index in [4.69, 9.17) is 5.73 Å². The molecule has 5 N–H and O–H groups in total. The number of nitrogens with one attached hydrogen (secondary N) is 2. The number of H-pyrrole nitrogens is 1. The third kappa shape index (κ3) is 5.41. The molecule has 1 aromatic heterocycles. The average molecular weight is 476 g/mol. The molecule has 2 atom stereocenters. The largest absolute Gasteiger partial charge is 0.508 e. The van der Waals surface area contributed by atoms with Crippen LogP contribution < -0.4 is 11.1 Å². The van der Waals surface area contributed by atoms with Crippen LogP contribution in [0, 0.1) is 0 Å². The van der Waals surface area contributed by atoms with Gasteiger partial charge < -0.3 is 15.8 Å². The standard InChI is InChI=1S/C26H25N3O4S/c27-22(13-19-15-28-23-12-11-20(30)14-21(19)23)26(32)29-24(31)16-34(33)25(17-7-3-1-4-8-17)18-9-5-2-6-10-18/h1-12,14-15,22,25,28,30H,13,16,27H2,(H,29,31,32)/t22-,34?/m0/s1. The molecule has 0 spiro atoms. The molecule has 4 rings (SSSR count). The molecule has 0 fully saturated rings. The number of aromatic amines is 1. The minimum atomic E-state index is -1.61. The van der Waals surface area contributed by atoms with Crippen LogP contribution in [0.3, 0.4) is 0 Å². The van der Waals surface area contributed by atoms with Gasteiger partial charge in [0.25, 0.3) is 0 Å². The fourth-order valence-corrected chi connectivity index (χ4v) is 5.31. The Bertz CT molecular complexity index is 1280. The number of phenols is 1. The summed E-state index contributed by atoms with van der Waals surface area (Å²) in [5.74, 6) is -1.52. The summed E-state index contributed by atoms with van der Waals surface area (Å²) in [5, 5.41) is 12.3. The van der Waals surface area contributed by atoms with E-state index in [1.807, 2.05) is 60.7 Å². The van der Waals surface area contributed by atoms with Crippen molar-refractivity contribution >= 4 is 33.5 Å². The highest BCUT2D eigenvalue weighted by molar-refractivity contribution is 7.86. The maximum atomic E-state index is 13.2. The van der Waals surface area contributed by atoms with E-state index in [9.17, 15) is 18.9 Å². The van der Waals surface area contributed by atoms with Crippen molar-refractivity contribution in [1.82, 2.24) is 10.3 Å². The highest BCUT2D eigenvalue weighted by atomic mass is 32.2. The number of amides is 2. The van der Waals surface area contributed by atoms with Crippen LogP contribution in [0.1, 0.15) is 21.9 Å². The molecule has 1 heterocycles. The van der Waals surface area contributed by atoms with Crippen molar-refractivity contribution < 1.29 is 18.9 Å². The number of nitrogens with two attached hydrogens (primary N) is 1. The van der Waals surface area contributed by atoms with E-state index < -0.39 is 33.9 Å². The number of aromatic nitrogens is 1.